The summed E-state index contributed by atoms with van der Waals surface area (Å²) in [5.74, 6) is 0.841. The summed E-state index contributed by atoms with van der Waals surface area (Å²) in [5, 5.41) is 0. The molecule has 0 radical (unpaired) electrons. The molecule has 3 aromatic carbocycles. The molecule has 2 amide bonds. The van der Waals surface area contributed by atoms with E-state index in [9.17, 15) is 9.59 Å². The molecule has 0 spiro atoms. The average Bonchev–Trinajstić information content (AvgIpc) is 2.84. The second-order valence-electron chi connectivity index (χ2n) is 7.27. The van der Waals surface area contributed by atoms with Crippen LogP contribution < -0.4 is 9.47 Å². The van der Waals surface area contributed by atoms with Crippen molar-refractivity contribution in [2.75, 3.05) is 14.2 Å². The average molecular weight is 425 g/mol. The van der Waals surface area contributed by atoms with Crippen molar-refractivity contribution in [1.82, 2.24) is 4.90 Å². The standard InChI is InChI=1S/C27H23NO4/c1-31-21-16-14-19(15-17-21)18-28-26(29)23-11-5-4-10-22(23)24(27(28)30)12-7-9-20-8-3-6-13-25(20)32-2/h3-17H,18H2,1-2H3. The highest BCUT2D eigenvalue weighted by Crippen LogP contribution is 2.30. The lowest BCUT2D eigenvalue weighted by atomic mass is 9.92. The van der Waals surface area contributed by atoms with Crippen LogP contribution in [0.25, 0.3) is 11.6 Å². The number of hydrogen-bond acceptors (Lipinski definition) is 4. The number of allylic oxidation sites excluding steroid dienone is 2. The van der Waals surface area contributed by atoms with Crippen molar-refractivity contribution in [3.8, 4) is 11.5 Å². The molecule has 0 N–H and O–H groups in total. The first-order valence-electron chi connectivity index (χ1n) is 10.2. The van der Waals surface area contributed by atoms with Gasteiger partial charge in [-0.25, -0.2) is 0 Å². The molecule has 0 aliphatic carbocycles. The number of para-hydroxylation sites is 1. The first-order valence-corrected chi connectivity index (χ1v) is 10.2. The quantitative estimate of drug-likeness (QED) is 0.413. The lowest BCUT2D eigenvalue weighted by Crippen LogP contribution is -2.41. The summed E-state index contributed by atoms with van der Waals surface area (Å²) in [5.41, 5.74) is 3.36. The van der Waals surface area contributed by atoms with Crippen molar-refractivity contribution in [3.05, 3.63) is 107 Å². The molecule has 4 rings (SSSR count). The van der Waals surface area contributed by atoms with Gasteiger partial charge in [-0.2, -0.15) is 0 Å². The number of fused-ring (bicyclic) bond motifs is 1. The Hall–Kier alpha value is -4.12. The van der Waals surface area contributed by atoms with Crippen LogP contribution in [-0.4, -0.2) is 30.9 Å². The fourth-order valence-electron chi connectivity index (χ4n) is 3.67. The second-order valence-corrected chi connectivity index (χ2v) is 7.27. The third kappa shape index (κ3) is 4.18. The van der Waals surface area contributed by atoms with E-state index in [1.54, 1.807) is 38.5 Å². The van der Waals surface area contributed by atoms with Crippen LogP contribution in [0.5, 0.6) is 11.5 Å². The summed E-state index contributed by atoms with van der Waals surface area (Å²) in [6.45, 7) is 0.184. The smallest absolute Gasteiger partial charge is 0.261 e. The van der Waals surface area contributed by atoms with Gasteiger partial charge in [0, 0.05) is 16.7 Å². The number of hydrogen-bond donors (Lipinski definition) is 0. The summed E-state index contributed by atoms with van der Waals surface area (Å²) < 4.78 is 10.6. The van der Waals surface area contributed by atoms with E-state index in [1.165, 1.54) is 4.90 Å². The Balaban J connectivity index is 1.68. The second kappa shape index (κ2) is 9.35. The molecule has 0 aromatic heterocycles. The number of imide groups is 1. The zero-order chi connectivity index (χ0) is 22.5. The largest absolute Gasteiger partial charge is 0.497 e. The molecule has 0 bridgehead atoms. The molecule has 1 aliphatic rings. The van der Waals surface area contributed by atoms with E-state index >= 15 is 0 Å². The van der Waals surface area contributed by atoms with Crippen LogP contribution >= 0.6 is 0 Å². The van der Waals surface area contributed by atoms with Crippen LogP contribution in [0.4, 0.5) is 0 Å². The number of amides is 2. The van der Waals surface area contributed by atoms with Crippen molar-refractivity contribution in [2.24, 2.45) is 0 Å². The number of methoxy groups -OCH3 is 2. The Labute approximate surface area is 187 Å². The molecular weight excluding hydrogens is 402 g/mol. The molecule has 0 unspecified atom stereocenters. The minimum Gasteiger partial charge on any atom is -0.497 e. The van der Waals surface area contributed by atoms with E-state index in [4.69, 9.17) is 9.47 Å². The van der Waals surface area contributed by atoms with Gasteiger partial charge in [0.2, 0.25) is 0 Å². The summed E-state index contributed by atoms with van der Waals surface area (Å²) in [6.07, 6.45) is 5.44. The van der Waals surface area contributed by atoms with Gasteiger partial charge in [-0.05, 0) is 41.5 Å². The fraction of sp³-hybridized carbons (Fsp3) is 0.111. The topological polar surface area (TPSA) is 55.8 Å². The van der Waals surface area contributed by atoms with Crippen LogP contribution in [0, 0.1) is 0 Å². The highest BCUT2D eigenvalue weighted by atomic mass is 16.5. The van der Waals surface area contributed by atoms with Crippen molar-refractivity contribution in [3.63, 3.8) is 0 Å². The molecule has 5 heteroatoms. The summed E-state index contributed by atoms with van der Waals surface area (Å²) in [7, 11) is 3.22. The van der Waals surface area contributed by atoms with Crippen LogP contribution in [-0.2, 0) is 11.3 Å². The Morgan fingerprint density at radius 1 is 0.781 bits per heavy atom. The Bertz CT molecular complexity index is 1210. The summed E-state index contributed by atoms with van der Waals surface area (Å²) in [4.78, 5) is 27.7. The molecule has 0 atom stereocenters. The van der Waals surface area contributed by atoms with Gasteiger partial charge in [0.1, 0.15) is 11.5 Å². The minimum atomic E-state index is -0.325. The van der Waals surface area contributed by atoms with Crippen LogP contribution in [0.2, 0.25) is 0 Å². The van der Waals surface area contributed by atoms with Crippen LogP contribution in [0.1, 0.15) is 27.0 Å². The predicted octanol–water partition coefficient (Wildman–Crippen LogP) is 4.98. The summed E-state index contributed by atoms with van der Waals surface area (Å²) in [6, 6.07) is 22.2. The van der Waals surface area contributed by atoms with Gasteiger partial charge >= 0.3 is 0 Å². The number of ether oxygens (including phenoxy) is 2. The highest BCUT2D eigenvalue weighted by molar-refractivity contribution is 6.31. The predicted molar refractivity (Wildman–Crippen MR) is 124 cm³/mol. The van der Waals surface area contributed by atoms with E-state index in [0.29, 0.717) is 16.7 Å². The number of carbonyl (C=O) groups excluding carboxylic acids is 2. The number of nitrogens with zero attached hydrogens (tertiary/aromatic N) is 1. The molecule has 0 fully saturated rings. The van der Waals surface area contributed by atoms with Gasteiger partial charge < -0.3 is 9.47 Å². The molecular formula is C27H23NO4. The van der Waals surface area contributed by atoms with Gasteiger partial charge in [-0.15, -0.1) is 0 Å². The first-order chi connectivity index (χ1) is 15.6. The van der Waals surface area contributed by atoms with Crippen LogP contribution in [0.3, 0.4) is 0 Å². The number of carbonyl (C=O) groups is 2. The van der Waals surface area contributed by atoms with E-state index in [-0.39, 0.29) is 18.4 Å². The van der Waals surface area contributed by atoms with E-state index < -0.39 is 0 Å². The Kier molecular flexibility index (Phi) is 6.17. The minimum absolute atomic E-state index is 0.184. The zero-order valence-electron chi connectivity index (χ0n) is 17.9. The molecule has 0 saturated carbocycles. The van der Waals surface area contributed by atoms with Gasteiger partial charge in [0.15, 0.2) is 0 Å². The Morgan fingerprint density at radius 2 is 1.47 bits per heavy atom. The van der Waals surface area contributed by atoms with Gasteiger partial charge in [0.05, 0.1) is 20.8 Å². The lowest BCUT2D eigenvalue weighted by Gasteiger charge is -2.28. The third-order valence-electron chi connectivity index (χ3n) is 5.35. The third-order valence-corrected chi connectivity index (χ3v) is 5.35. The maximum atomic E-state index is 13.3. The monoisotopic (exact) mass is 425 g/mol. The molecule has 3 aromatic rings. The molecule has 5 nitrogen and oxygen atoms in total. The molecule has 1 heterocycles. The SMILES string of the molecule is COc1ccc(CN2C(=O)C(=CC=Cc3ccccc3OC)c3ccccc3C2=O)cc1. The van der Waals surface area contributed by atoms with Gasteiger partial charge in [-0.1, -0.05) is 60.7 Å². The van der Waals surface area contributed by atoms with E-state index in [2.05, 4.69) is 0 Å². The Morgan fingerprint density at radius 3 is 2.19 bits per heavy atom. The van der Waals surface area contributed by atoms with E-state index in [0.717, 1.165) is 22.6 Å². The zero-order valence-corrected chi connectivity index (χ0v) is 17.9. The highest BCUT2D eigenvalue weighted by Gasteiger charge is 2.34. The lowest BCUT2D eigenvalue weighted by molar-refractivity contribution is -0.123. The van der Waals surface area contributed by atoms with Crippen LogP contribution in [0.15, 0.2) is 84.9 Å². The fourth-order valence-corrected chi connectivity index (χ4v) is 3.67. The number of rotatable bonds is 6. The van der Waals surface area contributed by atoms with E-state index in [1.807, 2.05) is 66.7 Å². The molecule has 160 valence electrons. The van der Waals surface area contributed by atoms with Crippen molar-refractivity contribution in [2.45, 2.75) is 6.54 Å². The van der Waals surface area contributed by atoms with Crippen molar-refractivity contribution >= 4 is 23.5 Å². The van der Waals surface area contributed by atoms with Crippen molar-refractivity contribution < 1.29 is 19.1 Å². The van der Waals surface area contributed by atoms with Crippen molar-refractivity contribution in [1.29, 1.82) is 0 Å². The molecule has 32 heavy (non-hydrogen) atoms. The normalized spacial score (nSPS) is 14.7. The first kappa shape index (κ1) is 21.1. The maximum absolute atomic E-state index is 13.3. The molecule has 0 saturated heterocycles. The molecule has 1 aliphatic heterocycles. The maximum Gasteiger partial charge on any atom is 0.261 e. The van der Waals surface area contributed by atoms with Gasteiger partial charge in [-0.3, -0.25) is 14.5 Å². The van der Waals surface area contributed by atoms with Gasteiger partial charge in [0.25, 0.3) is 11.8 Å². The summed E-state index contributed by atoms with van der Waals surface area (Å²) >= 11 is 0. The number of benzene rings is 3.